The van der Waals surface area contributed by atoms with Crippen LogP contribution in [-0.2, 0) is 0 Å². The molecule has 1 saturated heterocycles. The highest BCUT2D eigenvalue weighted by atomic mass is 16.1. The van der Waals surface area contributed by atoms with Gasteiger partial charge in [-0.05, 0) is 58.0 Å². The number of rotatable bonds is 5. The molecule has 0 N–H and O–H groups in total. The molecule has 0 amide bonds. The number of nitrogens with zero attached hydrogens (tertiary/aromatic N) is 6. The molecule has 1 fully saturated rings. The highest BCUT2D eigenvalue weighted by Crippen LogP contribution is 2.26. The van der Waals surface area contributed by atoms with Gasteiger partial charge in [-0.3, -0.25) is 14.2 Å². The van der Waals surface area contributed by atoms with Crippen molar-refractivity contribution >= 4 is 23.5 Å². The van der Waals surface area contributed by atoms with Gasteiger partial charge in [0.15, 0.2) is 5.65 Å². The van der Waals surface area contributed by atoms with Crippen LogP contribution in [0.1, 0.15) is 55.5 Å². The number of fused-ring (bicyclic) bond motifs is 1. The van der Waals surface area contributed by atoms with Crippen LogP contribution in [0.2, 0.25) is 0 Å². The van der Waals surface area contributed by atoms with Gasteiger partial charge in [0, 0.05) is 30.6 Å². The van der Waals surface area contributed by atoms with Gasteiger partial charge in [0.05, 0.1) is 23.3 Å². The summed E-state index contributed by atoms with van der Waals surface area (Å²) in [4.78, 5) is 29.0. The zero-order valence-corrected chi connectivity index (χ0v) is 17.9. The van der Waals surface area contributed by atoms with E-state index in [0.29, 0.717) is 17.3 Å². The lowest BCUT2D eigenvalue weighted by Gasteiger charge is -2.30. The van der Waals surface area contributed by atoms with E-state index in [2.05, 4.69) is 33.4 Å². The summed E-state index contributed by atoms with van der Waals surface area (Å²) in [5, 5.41) is 0. The Balaban J connectivity index is 1.65. The third-order valence-electron chi connectivity index (χ3n) is 5.82. The first-order valence-electron chi connectivity index (χ1n) is 10.5. The van der Waals surface area contributed by atoms with Crippen LogP contribution in [0.4, 0.5) is 0 Å². The van der Waals surface area contributed by atoms with Crippen molar-refractivity contribution in [1.82, 2.24) is 28.8 Å². The second-order valence-electron chi connectivity index (χ2n) is 7.89. The molecule has 7 nitrogen and oxygen atoms in total. The fraction of sp³-hybridized carbons (Fsp3) is 0.391. The molecular formula is C23H28N6O. The maximum Gasteiger partial charge on any atom is 0.258 e. The molecule has 4 heterocycles. The molecule has 0 unspecified atom stereocenters. The molecule has 0 aromatic carbocycles. The van der Waals surface area contributed by atoms with E-state index in [9.17, 15) is 4.79 Å². The van der Waals surface area contributed by atoms with Gasteiger partial charge in [-0.1, -0.05) is 13.5 Å². The number of hydrogen-bond donors (Lipinski definition) is 0. The Morgan fingerprint density at radius 3 is 2.73 bits per heavy atom. The summed E-state index contributed by atoms with van der Waals surface area (Å²) in [5.74, 6) is 1.15. The summed E-state index contributed by atoms with van der Waals surface area (Å²) in [6.07, 6.45) is 11.3. The van der Waals surface area contributed by atoms with Gasteiger partial charge < -0.3 is 9.47 Å². The number of piperidine rings is 1. The highest BCUT2D eigenvalue weighted by molar-refractivity contribution is 5.73. The SMILES string of the molecule is C=Cc1nc(C)cn1/C=C(\C)c1cc(=O)n2cc(C3CCN(CC)CC3)ncc2n1. The Morgan fingerprint density at radius 2 is 2.03 bits per heavy atom. The van der Waals surface area contributed by atoms with E-state index in [-0.39, 0.29) is 5.56 Å². The van der Waals surface area contributed by atoms with Gasteiger partial charge in [0.1, 0.15) is 5.82 Å². The molecule has 3 aromatic rings. The van der Waals surface area contributed by atoms with E-state index in [1.165, 1.54) is 0 Å². The predicted molar refractivity (Wildman–Crippen MR) is 120 cm³/mol. The van der Waals surface area contributed by atoms with Gasteiger partial charge in [-0.2, -0.15) is 0 Å². The van der Waals surface area contributed by atoms with E-state index in [4.69, 9.17) is 0 Å². The van der Waals surface area contributed by atoms with Gasteiger partial charge >= 0.3 is 0 Å². The minimum Gasteiger partial charge on any atom is -0.307 e. The highest BCUT2D eigenvalue weighted by Gasteiger charge is 2.21. The molecule has 1 aliphatic heterocycles. The van der Waals surface area contributed by atoms with Crippen molar-refractivity contribution in [2.75, 3.05) is 19.6 Å². The van der Waals surface area contributed by atoms with Gasteiger partial charge in [-0.15, -0.1) is 0 Å². The third kappa shape index (κ3) is 3.98. The summed E-state index contributed by atoms with van der Waals surface area (Å²) < 4.78 is 3.51. The number of likely N-dealkylation sites (tertiary alicyclic amines) is 1. The fourth-order valence-corrected chi connectivity index (χ4v) is 4.05. The summed E-state index contributed by atoms with van der Waals surface area (Å²) in [7, 11) is 0. The second-order valence-corrected chi connectivity index (χ2v) is 7.89. The van der Waals surface area contributed by atoms with Crippen LogP contribution >= 0.6 is 0 Å². The van der Waals surface area contributed by atoms with Crippen molar-refractivity contribution < 1.29 is 0 Å². The largest absolute Gasteiger partial charge is 0.307 e. The first kappa shape index (κ1) is 20.2. The zero-order chi connectivity index (χ0) is 21.3. The van der Waals surface area contributed by atoms with Crippen molar-refractivity contribution in [2.24, 2.45) is 0 Å². The zero-order valence-electron chi connectivity index (χ0n) is 17.9. The lowest BCUT2D eigenvalue weighted by atomic mass is 9.94. The Kier molecular flexibility index (Phi) is 5.63. The van der Waals surface area contributed by atoms with Crippen LogP contribution < -0.4 is 5.56 Å². The molecule has 0 spiro atoms. The van der Waals surface area contributed by atoms with Crippen LogP contribution in [0.25, 0.3) is 23.5 Å². The quantitative estimate of drug-likeness (QED) is 0.651. The monoisotopic (exact) mass is 404 g/mol. The molecule has 0 radical (unpaired) electrons. The summed E-state index contributed by atoms with van der Waals surface area (Å²) >= 11 is 0. The Bertz CT molecular complexity index is 1160. The molecule has 7 heteroatoms. The molecule has 156 valence electrons. The van der Waals surface area contributed by atoms with E-state index in [1.807, 2.05) is 37.0 Å². The van der Waals surface area contributed by atoms with Crippen LogP contribution in [0.15, 0.2) is 36.0 Å². The summed E-state index contributed by atoms with van der Waals surface area (Å²) in [6, 6.07) is 1.58. The van der Waals surface area contributed by atoms with Crippen LogP contribution in [0.3, 0.4) is 0 Å². The lowest BCUT2D eigenvalue weighted by Crippen LogP contribution is -2.33. The molecule has 0 atom stereocenters. The second kappa shape index (κ2) is 8.36. The lowest BCUT2D eigenvalue weighted by molar-refractivity contribution is 0.220. The first-order valence-corrected chi connectivity index (χ1v) is 10.5. The average molecular weight is 405 g/mol. The van der Waals surface area contributed by atoms with Gasteiger partial charge in [0.25, 0.3) is 5.56 Å². The fourth-order valence-electron chi connectivity index (χ4n) is 4.05. The van der Waals surface area contributed by atoms with Gasteiger partial charge in [0.2, 0.25) is 0 Å². The van der Waals surface area contributed by atoms with Crippen molar-refractivity contribution in [3.63, 3.8) is 0 Å². The number of hydrogen-bond acceptors (Lipinski definition) is 5. The Morgan fingerprint density at radius 1 is 1.27 bits per heavy atom. The number of aryl methyl sites for hydroxylation is 1. The third-order valence-corrected chi connectivity index (χ3v) is 5.82. The molecule has 30 heavy (non-hydrogen) atoms. The Labute approximate surface area is 176 Å². The molecule has 3 aromatic heterocycles. The van der Waals surface area contributed by atoms with E-state index in [0.717, 1.165) is 55.3 Å². The minimum atomic E-state index is -0.0943. The molecular weight excluding hydrogens is 376 g/mol. The molecule has 0 bridgehead atoms. The molecule has 4 rings (SSSR count). The molecule has 1 aliphatic rings. The normalized spacial score (nSPS) is 16.3. The Hall–Kier alpha value is -3.06. The van der Waals surface area contributed by atoms with E-state index < -0.39 is 0 Å². The average Bonchev–Trinajstić information content (AvgIpc) is 3.12. The van der Waals surface area contributed by atoms with Crippen LogP contribution in [0, 0.1) is 6.92 Å². The van der Waals surface area contributed by atoms with Gasteiger partial charge in [-0.25, -0.2) is 9.97 Å². The topological polar surface area (TPSA) is 68.3 Å². The smallest absolute Gasteiger partial charge is 0.258 e. The predicted octanol–water partition coefficient (Wildman–Crippen LogP) is 3.45. The van der Waals surface area contributed by atoms with Crippen molar-refractivity contribution in [3.05, 3.63) is 64.5 Å². The van der Waals surface area contributed by atoms with Crippen LogP contribution in [-0.4, -0.2) is 48.5 Å². The summed E-state index contributed by atoms with van der Waals surface area (Å²) in [6.45, 7) is 13.1. The van der Waals surface area contributed by atoms with Crippen molar-refractivity contribution in [3.8, 4) is 0 Å². The number of allylic oxidation sites excluding steroid dienone is 1. The molecule has 0 saturated carbocycles. The minimum absolute atomic E-state index is 0.0943. The number of imidazole rings is 1. The van der Waals surface area contributed by atoms with E-state index >= 15 is 0 Å². The first-order chi connectivity index (χ1) is 14.5. The maximum atomic E-state index is 12.8. The van der Waals surface area contributed by atoms with Crippen molar-refractivity contribution in [2.45, 2.75) is 39.5 Å². The standard InChI is InChI=1S/C23H28N6O/c1-5-21-25-17(4)14-28(21)13-16(3)19-11-23(30)29-15-20(24-12-22(29)26-19)18-7-9-27(6-2)10-8-18/h5,11-15,18H,1,6-10H2,2-4H3/b16-13+. The maximum absolute atomic E-state index is 12.8. The van der Waals surface area contributed by atoms with Crippen LogP contribution in [0.5, 0.6) is 0 Å². The summed E-state index contributed by atoms with van der Waals surface area (Å²) in [5.41, 5.74) is 3.85. The number of aromatic nitrogens is 5. The molecule has 0 aliphatic carbocycles. The van der Waals surface area contributed by atoms with Crippen molar-refractivity contribution in [1.29, 1.82) is 0 Å². The van der Waals surface area contributed by atoms with E-state index in [1.54, 1.807) is 22.7 Å².